The van der Waals surface area contributed by atoms with Crippen molar-refractivity contribution in [2.24, 2.45) is 0 Å². The van der Waals surface area contributed by atoms with E-state index in [4.69, 9.17) is 0 Å². The molecule has 1 unspecified atom stereocenters. The lowest BCUT2D eigenvalue weighted by Gasteiger charge is -2.32. The summed E-state index contributed by atoms with van der Waals surface area (Å²) in [6, 6.07) is 4.98. The van der Waals surface area contributed by atoms with Gasteiger partial charge in [-0.1, -0.05) is 35.1 Å². The predicted molar refractivity (Wildman–Crippen MR) is 92.2 cm³/mol. The zero-order valence-electron chi connectivity index (χ0n) is 12.6. The molecule has 1 saturated carbocycles. The summed E-state index contributed by atoms with van der Waals surface area (Å²) in [5.41, 5.74) is -0.260. The van der Waals surface area contributed by atoms with Crippen molar-refractivity contribution < 1.29 is 4.39 Å². The van der Waals surface area contributed by atoms with E-state index in [-0.39, 0.29) is 29.0 Å². The third-order valence-electron chi connectivity index (χ3n) is 5.56. The molecule has 0 N–H and O–H groups in total. The van der Waals surface area contributed by atoms with Crippen LogP contribution in [0.15, 0.2) is 33.7 Å². The van der Waals surface area contributed by atoms with E-state index in [0.29, 0.717) is 9.86 Å². The number of hydrogen-bond acceptors (Lipinski definition) is 2. The minimum atomic E-state index is -0.486. The van der Waals surface area contributed by atoms with Crippen molar-refractivity contribution >= 4 is 33.4 Å². The van der Waals surface area contributed by atoms with Crippen LogP contribution in [0.3, 0.4) is 0 Å². The Morgan fingerprint density at radius 3 is 2.91 bits per heavy atom. The Morgan fingerprint density at radius 2 is 2.22 bits per heavy atom. The van der Waals surface area contributed by atoms with Crippen molar-refractivity contribution in [2.75, 3.05) is 0 Å². The zero-order valence-corrected chi connectivity index (χ0v) is 14.1. The van der Waals surface area contributed by atoms with Gasteiger partial charge in [-0.15, -0.1) is 0 Å². The molecule has 1 spiro atoms. The monoisotopic (exact) mass is 372 g/mol. The van der Waals surface area contributed by atoms with Crippen LogP contribution in [0.25, 0.3) is 10.8 Å². The van der Waals surface area contributed by atoms with Gasteiger partial charge < -0.3 is 4.57 Å². The Bertz CT molecular complexity index is 900. The molecule has 1 aromatic carbocycles. The number of fused-ring (bicyclic) bond motifs is 1. The van der Waals surface area contributed by atoms with Crippen LogP contribution >= 0.6 is 15.9 Å². The molecule has 116 valence electrons. The first-order valence-corrected chi connectivity index (χ1v) is 8.73. The van der Waals surface area contributed by atoms with Crippen LogP contribution in [0.4, 0.5) is 4.39 Å². The fraction of sp³-hybridized carbons (Fsp3) is 0.412. The van der Waals surface area contributed by atoms with Gasteiger partial charge in [0.1, 0.15) is 5.82 Å². The van der Waals surface area contributed by atoms with Crippen LogP contribution in [0.5, 0.6) is 0 Å². The maximum Gasteiger partial charge on any atom is 0.274 e. The van der Waals surface area contributed by atoms with Gasteiger partial charge in [-0.2, -0.15) is 0 Å². The van der Waals surface area contributed by atoms with E-state index in [1.807, 2.05) is 0 Å². The lowest BCUT2D eigenvalue weighted by atomic mass is 9.34. The summed E-state index contributed by atoms with van der Waals surface area (Å²) in [5, 5.41) is 10.2. The molecule has 1 saturated heterocycles. The average molecular weight is 373 g/mol. The van der Waals surface area contributed by atoms with Gasteiger partial charge in [0.15, 0.2) is 0 Å². The van der Waals surface area contributed by atoms with Crippen LogP contribution in [-0.4, -0.2) is 11.3 Å². The molecule has 0 bridgehead atoms. The third kappa shape index (κ3) is 2.33. The molecule has 23 heavy (non-hydrogen) atoms. The second-order valence-corrected chi connectivity index (χ2v) is 7.78. The molecule has 1 aliphatic heterocycles. The molecular weight excluding hydrogens is 358 g/mol. The highest BCUT2D eigenvalue weighted by molar-refractivity contribution is 9.10. The molecule has 2 heterocycles. The molecule has 1 aliphatic carbocycles. The van der Waals surface area contributed by atoms with Crippen molar-refractivity contribution in [2.45, 2.75) is 43.4 Å². The molecule has 3 nitrogen and oxygen atoms in total. The molecule has 2 fully saturated rings. The maximum atomic E-state index is 14.2. The Kier molecular flexibility index (Phi) is 3.38. The highest BCUT2D eigenvalue weighted by Crippen LogP contribution is 2.64. The zero-order chi connectivity index (χ0) is 16.2. The number of rotatable bonds is 1. The number of nitrogens with zero attached hydrogens (tertiary/aromatic N) is 2. The maximum absolute atomic E-state index is 14.2. The first-order valence-electron chi connectivity index (χ1n) is 7.94. The molecule has 6 heteroatoms. The number of benzene rings is 1. The summed E-state index contributed by atoms with van der Waals surface area (Å²) in [4.78, 5) is 12.8. The van der Waals surface area contributed by atoms with Gasteiger partial charge in [0.2, 0.25) is 0 Å². The summed E-state index contributed by atoms with van der Waals surface area (Å²) < 4.78 is 16.6. The molecule has 4 rings (SSSR count). The molecule has 0 amide bonds. The van der Waals surface area contributed by atoms with Gasteiger partial charge in [0, 0.05) is 22.7 Å². The van der Waals surface area contributed by atoms with Crippen LogP contribution < -0.4 is 5.56 Å². The quantitative estimate of drug-likeness (QED) is 0.699. The summed E-state index contributed by atoms with van der Waals surface area (Å²) >= 11 is 3.26. The van der Waals surface area contributed by atoms with E-state index in [1.165, 1.54) is 6.07 Å². The second kappa shape index (κ2) is 5.20. The minimum absolute atomic E-state index is 0.0713. The Morgan fingerprint density at radius 1 is 1.43 bits per heavy atom. The molecule has 2 aromatic rings. The number of halogens is 2. The number of hydrogen-bond donors (Lipinski definition) is 0. The second-order valence-electron chi connectivity index (χ2n) is 6.86. The topological polar surface area (TPSA) is 45.8 Å². The summed E-state index contributed by atoms with van der Waals surface area (Å²) in [7, 11) is 0. The van der Waals surface area contributed by atoms with Crippen molar-refractivity contribution in [1.82, 2.24) is 4.57 Å². The Hall–Kier alpha value is -1.61. The lowest BCUT2D eigenvalue weighted by molar-refractivity contribution is 0.402. The summed E-state index contributed by atoms with van der Waals surface area (Å²) in [6.45, 7) is 0.114. The number of aromatic nitrogens is 1. The third-order valence-corrected chi connectivity index (χ3v) is 6.02. The van der Waals surface area contributed by atoms with Gasteiger partial charge in [-0.05, 0) is 41.7 Å². The standard InChI is InChI=1S/C17H15BBrFN2O/c19-12-7-11-2-6-22(16(23)15(11)14(20)8-12)13-1-5-18(10-21)17(9-13)3-4-17/h2,6-8,13H,1,3-5,9H2. The van der Waals surface area contributed by atoms with Crippen molar-refractivity contribution in [3.8, 4) is 5.97 Å². The molecule has 0 radical (unpaired) electrons. The fourth-order valence-electron chi connectivity index (χ4n) is 4.13. The SMILES string of the molecule is N#CB1CCC(n2ccc3cc(Br)cc(F)c3c2=O)CC12CC2. The van der Waals surface area contributed by atoms with Crippen molar-refractivity contribution in [1.29, 1.82) is 5.26 Å². The van der Waals surface area contributed by atoms with Gasteiger partial charge in [-0.3, -0.25) is 4.79 Å². The van der Waals surface area contributed by atoms with Crippen molar-refractivity contribution in [3.05, 3.63) is 45.0 Å². The fourth-order valence-corrected chi connectivity index (χ4v) is 4.57. The Balaban J connectivity index is 1.77. The van der Waals surface area contributed by atoms with E-state index in [0.717, 1.165) is 32.0 Å². The van der Waals surface area contributed by atoms with E-state index in [1.54, 1.807) is 22.9 Å². The van der Waals surface area contributed by atoms with Gasteiger partial charge >= 0.3 is 0 Å². The first-order chi connectivity index (χ1) is 11.0. The summed E-state index contributed by atoms with van der Waals surface area (Å²) in [5.74, 6) is 1.95. The van der Waals surface area contributed by atoms with Gasteiger partial charge in [0.25, 0.3) is 12.3 Å². The number of nitriles is 1. The lowest BCUT2D eigenvalue weighted by Crippen LogP contribution is -2.34. The van der Waals surface area contributed by atoms with Crippen LogP contribution in [0, 0.1) is 17.0 Å². The van der Waals surface area contributed by atoms with E-state index in [9.17, 15) is 14.4 Å². The average Bonchev–Trinajstić information content (AvgIpc) is 3.26. The largest absolute Gasteiger partial charge is 0.312 e. The van der Waals surface area contributed by atoms with Gasteiger partial charge in [0.05, 0.1) is 5.39 Å². The van der Waals surface area contributed by atoms with E-state index >= 15 is 0 Å². The van der Waals surface area contributed by atoms with Crippen LogP contribution in [0.2, 0.25) is 11.6 Å². The first kappa shape index (κ1) is 15.0. The highest BCUT2D eigenvalue weighted by Gasteiger charge is 2.55. The Labute approximate surface area is 142 Å². The normalized spacial score (nSPS) is 22.3. The number of pyridine rings is 1. The predicted octanol–water partition coefficient (Wildman–Crippen LogP) is 4.33. The highest BCUT2D eigenvalue weighted by atomic mass is 79.9. The summed E-state index contributed by atoms with van der Waals surface area (Å²) in [6.07, 6.45) is 6.42. The minimum Gasteiger partial charge on any atom is -0.312 e. The van der Waals surface area contributed by atoms with E-state index < -0.39 is 5.82 Å². The van der Waals surface area contributed by atoms with Gasteiger partial charge in [-0.25, -0.2) is 9.65 Å². The van der Waals surface area contributed by atoms with E-state index in [2.05, 4.69) is 21.9 Å². The van der Waals surface area contributed by atoms with Crippen LogP contribution in [0.1, 0.15) is 31.7 Å². The molecule has 2 aliphatic rings. The van der Waals surface area contributed by atoms with Crippen molar-refractivity contribution in [3.63, 3.8) is 0 Å². The smallest absolute Gasteiger partial charge is 0.274 e. The molecule has 1 atom stereocenters. The molecular formula is C17H15BBrFN2O. The molecule has 1 aromatic heterocycles. The van der Waals surface area contributed by atoms with Crippen LogP contribution in [-0.2, 0) is 0 Å².